The number of benzene rings is 1. The number of ether oxygens (including phenoxy) is 2. The average Bonchev–Trinajstić information content (AvgIpc) is 2.48. The molecule has 0 saturated carbocycles. The molecule has 0 atom stereocenters. The third-order valence-electron chi connectivity index (χ3n) is 2.89. The highest BCUT2D eigenvalue weighted by Crippen LogP contribution is 2.30. The molecule has 110 valence electrons. The Morgan fingerprint density at radius 2 is 1.95 bits per heavy atom. The van der Waals surface area contributed by atoms with Crippen molar-refractivity contribution < 1.29 is 19.4 Å². The highest BCUT2D eigenvalue weighted by atomic mass is 16.5. The molecule has 1 N–H and O–H groups in total. The van der Waals surface area contributed by atoms with E-state index in [2.05, 4.69) is 4.98 Å². The number of methoxy groups -OCH3 is 1. The van der Waals surface area contributed by atoms with Gasteiger partial charge >= 0.3 is 5.97 Å². The molecule has 0 saturated heterocycles. The molecule has 1 heterocycles. The molecule has 1 aromatic carbocycles. The van der Waals surface area contributed by atoms with Gasteiger partial charge in [-0.25, -0.2) is 9.78 Å². The van der Waals surface area contributed by atoms with E-state index in [1.807, 2.05) is 19.1 Å². The van der Waals surface area contributed by atoms with Gasteiger partial charge in [0.1, 0.15) is 0 Å². The van der Waals surface area contributed by atoms with Crippen LogP contribution in [0.3, 0.4) is 0 Å². The van der Waals surface area contributed by atoms with Crippen LogP contribution in [0.1, 0.15) is 29.4 Å². The maximum absolute atomic E-state index is 11.2. The zero-order valence-corrected chi connectivity index (χ0v) is 12.0. The SMILES string of the molecule is CCCc1cc(C(=O)O)cc(Oc2ccccc2OC)n1. The smallest absolute Gasteiger partial charge is 0.335 e. The number of aromatic carboxylic acids is 1. The maximum Gasteiger partial charge on any atom is 0.335 e. The van der Waals surface area contributed by atoms with Crippen LogP contribution in [0.25, 0.3) is 0 Å². The molecule has 0 aliphatic rings. The second kappa shape index (κ2) is 6.74. The van der Waals surface area contributed by atoms with Gasteiger partial charge in [-0.3, -0.25) is 0 Å². The molecule has 0 aliphatic heterocycles. The van der Waals surface area contributed by atoms with Crippen molar-refractivity contribution in [3.8, 4) is 17.4 Å². The maximum atomic E-state index is 11.2. The van der Waals surface area contributed by atoms with Gasteiger partial charge in [0.05, 0.1) is 12.7 Å². The van der Waals surface area contributed by atoms with Gasteiger partial charge in [0.15, 0.2) is 11.5 Å². The minimum absolute atomic E-state index is 0.165. The summed E-state index contributed by atoms with van der Waals surface area (Å²) >= 11 is 0. The molecule has 0 spiro atoms. The van der Waals surface area contributed by atoms with Gasteiger partial charge in [0.25, 0.3) is 0 Å². The monoisotopic (exact) mass is 287 g/mol. The van der Waals surface area contributed by atoms with E-state index in [1.54, 1.807) is 25.3 Å². The highest BCUT2D eigenvalue weighted by Gasteiger charge is 2.11. The van der Waals surface area contributed by atoms with E-state index in [4.69, 9.17) is 14.6 Å². The lowest BCUT2D eigenvalue weighted by molar-refractivity contribution is 0.0696. The van der Waals surface area contributed by atoms with Gasteiger partial charge in [-0.15, -0.1) is 0 Å². The standard InChI is InChI=1S/C16H17NO4/c1-3-6-12-9-11(16(18)19)10-15(17-12)21-14-8-5-4-7-13(14)20-2/h4-5,7-10H,3,6H2,1-2H3,(H,18,19). The first-order valence-electron chi connectivity index (χ1n) is 6.69. The Kier molecular flexibility index (Phi) is 4.77. The fourth-order valence-electron chi connectivity index (χ4n) is 1.94. The topological polar surface area (TPSA) is 68.7 Å². The number of carbonyl (C=O) groups is 1. The summed E-state index contributed by atoms with van der Waals surface area (Å²) in [6.07, 6.45) is 1.58. The molecule has 5 nitrogen and oxygen atoms in total. The summed E-state index contributed by atoms with van der Waals surface area (Å²) in [6.45, 7) is 2.01. The quantitative estimate of drug-likeness (QED) is 0.880. The van der Waals surface area contributed by atoms with Crippen LogP contribution < -0.4 is 9.47 Å². The van der Waals surface area contributed by atoms with Crippen LogP contribution in [-0.2, 0) is 6.42 Å². The number of para-hydroxylation sites is 2. The molecule has 1 aromatic heterocycles. The predicted octanol–water partition coefficient (Wildman–Crippen LogP) is 3.53. The molecular formula is C16H17NO4. The molecule has 2 aromatic rings. The fourth-order valence-corrected chi connectivity index (χ4v) is 1.94. The summed E-state index contributed by atoms with van der Waals surface area (Å²) in [4.78, 5) is 15.5. The van der Waals surface area contributed by atoms with Crippen LogP contribution in [0.4, 0.5) is 0 Å². The van der Waals surface area contributed by atoms with Crippen molar-refractivity contribution >= 4 is 5.97 Å². The van der Waals surface area contributed by atoms with Crippen molar-refractivity contribution in [1.29, 1.82) is 0 Å². The van der Waals surface area contributed by atoms with Crippen molar-refractivity contribution in [3.63, 3.8) is 0 Å². The Balaban J connectivity index is 2.36. The zero-order valence-electron chi connectivity index (χ0n) is 12.0. The first-order valence-corrected chi connectivity index (χ1v) is 6.69. The number of aryl methyl sites for hydroxylation is 1. The number of nitrogens with zero attached hydrogens (tertiary/aromatic N) is 1. The summed E-state index contributed by atoms with van der Waals surface area (Å²) in [7, 11) is 1.55. The Hall–Kier alpha value is -2.56. The molecule has 0 fully saturated rings. The van der Waals surface area contributed by atoms with E-state index in [0.717, 1.165) is 6.42 Å². The molecule has 21 heavy (non-hydrogen) atoms. The van der Waals surface area contributed by atoms with E-state index >= 15 is 0 Å². The molecule has 0 unspecified atom stereocenters. The van der Waals surface area contributed by atoms with E-state index in [0.29, 0.717) is 23.6 Å². The summed E-state index contributed by atoms with van der Waals surface area (Å²) in [6, 6.07) is 10.1. The van der Waals surface area contributed by atoms with Gasteiger partial charge in [-0.1, -0.05) is 25.5 Å². The van der Waals surface area contributed by atoms with Crippen molar-refractivity contribution in [2.45, 2.75) is 19.8 Å². The Morgan fingerprint density at radius 3 is 2.57 bits per heavy atom. The molecule has 5 heteroatoms. The predicted molar refractivity (Wildman–Crippen MR) is 78.3 cm³/mol. The van der Waals surface area contributed by atoms with Gasteiger partial charge in [-0.05, 0) is 24.6 Å². The van der Waals surface area contributed by atoms with Crippen LogP contribution in [0.15, 0.2) is 36.4 Å². The number of aromatic nitrogens is 1. The second-order valence-electron chi connectivity index (χ2n) is 4.49. The number of carboxylic acid groups (broad SMARTS) is 1. The largest absolute Gasteiger partial charge is 0.493 e. The lowest BCUT2D eigenvalue weighted by Gasteiger charge is -2.11. The van der Waals surface area contributed by atoms with Crippen molar-refractivity contribution in [1.82, 2.24) is 4.98 Å². The number of rotatable bonds is 6. The van der Waals surface area contributed by atoms with E-state index in [-0.39, 0.29) is 11.4 Å². The highest BCUT2D eigenvalue weighted by molar-refractivity contribution is 5.88. The van der Waals surface area contributed by atoms with E-state index < -0.39 is 5.97 Å². The molecule has 0 aliphatic carbocycles. The Labute approximate surface area is 123 Å². The van der Waals surface area contributed by atoms with Crippen LogP contribution in [0.5, 0.6) is 17.4 Å². The Bertz CT molecular complexity index is 640. The second-order valence-corrected chi connectivity index (χ2v) is 4.49. The van der Waals surface area contributed by atoms with Crippen molar-refractivity contribution in [2.24, 2.45) is 0 Å². The van der Waals surface area contributed by atoms with Gasteiger partial charge in [0, 0.05) is 11.8 Å². The first-order chi connectivity index (χ1) is 10.1. The summed E-state index contributed by atoms with van der Waals surface area (Å²) < 4.78 is 10.9. The molecule has 0 bridgehead atoms. The summed E-state index contributed by atoms with van der Waals surface area (Å²) in [5.41, 5.74) is 0.862. The van der Waals surface area contributed by atoms with E-state index in [9.17, 15) is 4.79 Å². The van der Waals surface area contributed by atoms with Crippen LogP contribution in [0, 0.1) is 0 Å². The molecule has 0 amide bonds. The van der Waals surface area contributed by atoms with Crippen LogP contribution in [0.2, 0.25) is 0 Å². The molecule has 2 rings (SSSR count). The van der Waals surface area contributed by atoms with Crippen LogP contribution in [-0.4, -0.2) is 23.2 Å². The third-order valence-corrected chi connectivity index (χ3v) is 2.89. The summed E-state index contributed by atoms with van der Waals surface area (Å²) in [5.74, 6) is 0.317. The first kappa shape index (κ1) is 14.8. The lowest BCUT2D eigenvalue weighted by Crippen LogP contribution is -2.02. The van der Waals surface area contributed by atoms with Gasteiger partial charge < -0.3 is 14.6 Å². The Morgan fingerprint density at radius 1 is 1.24 bits per heavy atom. The minimum atomic E-state index is -1.00. The minimum Gasteiger partial charge on any atom is -0.493 e. The molecule has 0 radical (unpaired) electrons. The normalized spacial score (nSPS) is 10.2. The number of carboxylic acids is 1. The van der Waals surface area contributed by atoms with Gasteiger partial charge in [-0.2, -0.15) is 0 Å². The molecular weight excluding hydrogens is 270 g/mol. The van der Waals surface area contributed by atoms with Crippen molar-refractivity contribution in [3.05, 3.63) is 47.7 Å². The van der Waals surface area contributed by atoms with Crippen molar-refractivity contribution in [2.75, 3.05) is 7.11 Å². The zero-order chi connectivity index (χ0) is 15.2. The van der Waals surface area contributed by atoms with E-state index in [1.165, 1.54) is 6.07 Å². The number of hydrogen-bond donors (Lipinski definition) is 1. The average molecular weight is 287 g/mol. The lowest BCUT2D eigenvalue weighted by atomic mass is 10.1. The third kappa shape index (κ3) is 3.72. The number of pyridine rings is 1. The summed E-state index contributed by atoms with van der Waals surface area (Å²) in [5, 5.41) is 9.16. The van der Waals surface area contributed by atoms with Gasteiger partial charge in [0.2, 0.25) is 5.88 Å². The fraction of sp³-hybridized carbons (Fsp3) is 0.250. The number of hydrogen-bond acceptors (Lipinski definition) is 4. The van der Waals surface area contributed by atoms with Crippen LogP contribution >= 0.6 is 0 Å².